The molecule has 0 nitrogen and oxygen atoms in total. The molecule has 0 bridgehead atoms. The van der Waals surface area contributed by atoms with Gasteiger partial charge in [0, 0.05) is 0 Å². The highest BCUT2D eigenvalue weighted by Crippen LogP contribution is 2.36. The molecular weight excluding hydrogens is 324 g/mol. The second-order valence-corrected chi connectivity index (χ2v) is 8.18. The second-order valence-electron chi connectivity index (χ2n) is 8.18. The first-order valence-electron chi connectivity index (χ1n) is 11.1. The summed E-state index contributed by atoms with van der Waals surface area (Å²) in [7, 11) is 0. The summed E-state index contributed by atoms with van der Waals surface area (Å²) in [6.45, 7) is 19.6. The topological polar surface area (TPSA) is 0 Å². The van der Waals surface area contributed by atoms with E-state index in [0.29, 0.717) is 5.41 Å². The van der Waals surface area contributed by atoms with Crippen LogP contribution in [0.2, 0.25) is 0 Å². The molecule has 1 atom stereocenters. The smallest absolute Gasteiger partial charge is 0.0315 e. The van der Waals surface area contributed by atoms with E-state index in [2.05, 4.69) is 40.7 Å². The van der Waals surface area contributed by atoms with Crippen LogP contribution in [-0.2, 0) is 0 Å². The molecular formula is C27H62. The molecule has 1 saturated carbocycles. The van der Waals surface area contributed by atoms with Crippen LogP contribution in [0.1, 0.15) is 149 Å². The molecule has 0 spiro atoms. The zero-order chi connectivity index (χ0) is 19.0. The van der Waals surface area contributed by atoms with Crippen LogP contribution >= 0.6 is 0 Å². The van der Waals surface area contributed by atoms with E-state index >= 15 is 0 Å². The Morgan fingerprint density at radius 3 is 1.67 bits per heavy atom. The summed E-state index contributed by atoms with van der Waals surface area (Å²) in [6, 6.07) is 0. The number of rotatable bonds is 2. The normalized spacial score (nSPS) is 18.7. The zero-order valence-electron chi connectivity index (χ0n) is 18.8. The van der Waals surface area contributed by atoms with E-state index in [9.17, 15) is 0 Å². The number of allylic oxidation sites excluding steroid dienone is 2. The molecule has 0 aromatic carbocycles. The van der Waals surface area contributed by atoms with Gasteiger partial charge in [-0.2, -0.15) is 0 Å². The van der Waals surface area contributed by atoms with Crippen LogP contribution in [0.5, 0.6) is 0 Å². The van der Waals surface area contributed by atoms with Crippen molar-refractivity contribution in [2.45, 2.75) is 149 Å². The average molecular weight is 387 g/mol. The van der Waals surface area contributed by atoms with Gasteiger partial charge in [-0.05, 0) is 43.4 Å². The van der Waals surface area contributed by atoms with Crippen molar-refractivity contribution in [3.63, 3.8) is 0 Å². The molecule has 0 saturated heterocycles. The van der Waals surface area contributed by atoms with Gasteiger partial charge in [-0.25, -0.2) is 0 Å². The Hall–Kier alpha value is -0.260. The Bertz CT molecular complexity index is 270. The van der Waals surface area contributed by atoms with Crippen LogP contribution in [-0.4, -0.2) is 0 Å². The lowest BCUT2D eigenvalue weighted by molar-refractivity contribution is 0.221. The quantitative estimate of drug-likeness (QED) is 0.414. The molecule has 0 aliphatic heterocycles. The van der Waals surface area contributed by atoms with E-state index in [1.165, 1.54) is 64.2 Å². The Morgan fingerprint density at radius 1 is 0.852 bits per heavy atom. The average Bonchev–Trinajstić information content (AvgIpc) is 2.60. The van der Waals surface area contributed by atoms with Crippen LogP contribution < -0.4 is 0 Å². The second kappa shape index (κ2) is 23.8. The van der Waals surface area contributed by atoms with E-state index < -0.39 is 0 Å². The first-order valence-corrected chi connectivity index (χ1v) is 11.1. The van der Waals surface area contributed by atoms with Gasteiger partial charge in [-0.3, -0.25) is 0 Å². The summed E-state index contributed by atoms with van der Waals surface area (Å²) in [5.74, 6) is 2.01. The van der Waals surface area contributed by atoms with Gasteiger partial charge in [-0.15, -0.1) is 0 Å². The molecule has 27 heavy (non-hydrogen) atoms. The molecule has 2 rings (SSSR count). The summed E-state index contributed by atoms with van der Waals surface area (Å²) in [4.78, 5) is 0. The summed E-state index contributed by atoms with van der Waals surface area (Å²) in [5.41, 5.74) is 2.10. The highest BCUT2D eigenvalue weighted by Gasteiger charge is 2.24. The van der Waals surface area contributed by atoms with Crippen molar-refractivity contribution in [2.24, 2.45) is 17.3 Å². The molecule has 0 aromatic heterocycles. The van der Waals surface area contributed by atoms with Crippen molar-refractivity contribution in [1.82, 2.24) is 0 Å². The van der Waals surface area contributed by atoms with E-state index in [1.807, 2.05) is 27.7 Å². The minimum atomic E-state index is 0. The predicted molar refractivity (Wildman–Crippen MR) is 135 cm³/mol. The largest absolute Gasteiger partial charge is 0.0853 e. The third kappa shape index (κ3) is 20.3. The van der Waals surface area contributed by atoms with Gasteiger partial charge in [0.25, 0.3) is 0 Å². The summed E-state index contributed by atoms with van der Waals surface area (Å²) < 4.78 is 0. The molecule has 0 N–H and O–H groups in total. The van der Waals surface area contributed by atoms with E-state index in [-0.39, 0.29) is 22.3 Å². The van der Waals surface area contributed by atoms with Gasteiger partial charge in [0.05, 0.1) is 0 Å². The standard InChI is InChI=1S/C11H20.C9H18.2C2H6.3CH4/c1-9-5-7-10(8-6-9)11(2,3)4;1-2-6-9-7-4-3-5-8-9;2*1-2;;;/h5,10H,6-8H2,1-4H3;9H,2-8H2,1H3;2*1-2H3;3*1H4. The van der Waals surface area contributed by atoms with Crippen LogP contribution in [0.25, 0.3) is 0 Å². The van der Waals surface area contributed by atoms with Gasteiger partial charge in [0.1, 0.15) is 0 Å². The monoisotopic (exact) mass is 386 g/mol. The molecule has 170 valence electrons. The third-order valence-electron chi connectivity index (χ3n) is 5.28. The lowest BCUT2D eigenvalue weighted by Crippen LogP contribution is -2.21. The van der Waals surface area contributed by atoms with Crippen LogP contribution in [0.3, 0.4) is 0 Å². The maximum atomic E-state index is 2.42. The Balaban J connectivity index is -0.0000000929. The van der Waals surface area contributed by atoms with E-state index in [4.69, 9.17) is 0 Å². The molecule has 0 aromatic rings. The number of hydrogen-bond acceptors (Lipinski definition) is 0. The SMILES string of the molecule is C.C.C.CC.CC.CC1=CCC(C(C)(C)C)CC1.CCCC1CCCCC1. The molecule has 0 heterocycles. The molecule has 0 heteroatoms. The fourth-order valence-corrected chi connectivity index (χ4v) is 3.64. The first-order chi connectivity index (χ1) is 11.4. The minimum absolute atomic E-state index is 0. The summed E-state index contributed by atoms with van der Waals surface area (Å²) in [5, 5.41) is 0. The van der Waals surface area contributed by atoms with Gasteiger partial charge >= 0.3 is 0 Å². The molecule has 0 amide bonds. The van der Waals surface area contributed by atoms with Gasteiger partial charge < -0.3 is 0 Å². The van der Waals surface area contributed by atoms with Crippen molar-refractivity contribution in [1.29, 1.82) is 0 Å². The van der Waals surface area contributed by atoms with Crippen molar-refractivity contribution < 1.29 is 0 Å². The van der Waals surface area contributed by atoms with Crippen molar-refractivity contribution in [3.8, 4) is 0 Å². The predicted octanol–water partition coefficient (Wildman–Crippen LogP) is 11.1. The fraction of sp³-hybridized carbons (Fsp3) is 0.926. The van der Waals surface area contributed by atoms with Crippen LogP contribution in [0, 0.1) is 17.3 Å². The fourth-order valence-electron chi connectivity index (χ4n) is 3.64. The summed E-state index contributed by atoms with van der Waals surface area (Å²) in [6.07, 6.45) is 16.9. The molecule has 2 aliphatic carbocycles. The Morgan fingerprint density at radius 2 is 1.33 bits per heavy atom. The highest BCUT2D eigenvalue weighted by atomic mass is 14.3. The third-order valence-corrected chi connectivity index (χ3v) is 5.28. The van der Waals surface area contributed by atoms with E-state index in [1.54, 1.807) is 5.57 Å². The first kappa shape index (κ1) is 37.5. The molecule has 1 fully saturated rings. The Labute approximate surface area is 178 Å². The molecule has 2 aliphatic rings. The van der Waals surface area contributed by atoms with Crippen molar-refractivity contribution in [2.75, 3.05) is 0 Å². The number of hydrogen-bond donors (Lipinski definition) is 0. The maximum Gasteiger partial charge on any atom is -0.0315 e. The minimum Gasteiger partial charge on any atom is -0.0853 e. The zero-order valence-corrected chi connectivity index (χ0v) is 18.8. The van der Waals surface area contributed by atoms with Crippen molar-refractivity contribution >= 4 is 0 Å². The van der Waals surface area contributed by atoms with Gasteiger partial charge in [-0.1, -0.05) is 134 Å². The highest BCUT2D eigenvalue weighted by molar-refractivity contribution is 5.04. The van der Waals surface area contributed by atoms with Crippen molar-refractivity contribution in [3.05, 3.63) is 11.6 Å². The van der Waals surface area contributed by atoms with E-state index in [0.717, 1.165) is 11.8 Å². The Kier molecular flexibility index (Phi) is 33.0. The van der Waals surface area contributed by atoms with Crippen LogP contribution in [0.15, 0.2) is 11.6 Å². The van der Waals surface area contributed by atoms with Gasteiger partial charge in [0.15, 0.2) is 0 Å². The molecule has 1 unspecified atom stereocenters. The maximum absolute atomic E-state index is 2.42. The van der Waals surface area contributed by atoms with Crippen LogP contribution in [0.4, 0.5) is 0 Å². The lowest BCUT2D eigenvalue weighted by Gasteiger charge is -2.32. The van der Waals surface area contributed by atoms with Gasteiger partial charge in [0.2, 0.25) is 0 Å². The lowest BCUT2D eigenvalue weighted by atomic mass is 9.73. The molecule has 0 radical (unpaired) electrons. The summed E-state index contributed by atoms with van der Waals surface area (Å²) >= 11 is 0.